The first-order chi connectivity index (χ1) is 13.4. The molecule has 29 heavy (non-hydrogen) atoms. The van der Waals surface area contributed by atoms with Crippen molar-refractivity contribution in [2.45, 2.75) is 13.1 Å². The molecule has 0 saturated carbocycles. The molecule has 1 saturated heterocycles. The maximum Gasteiger partial charge on any atom is 0.416 e. The molecular formula is C18H14ClF3N2O4S. The second-order valence-corrected chi connectivity index (χ2v) is 8.75. The molecule has 0 radical (unpaired) electrons. The number of benzene rings is 2. The summed E-state index contributed by atoms with van der Waals surface area (Å²) in [7, 11) is -3.86. The molecule has 1 aliphatic rings. The molecule has 3 rings (SSSR count). The molecule has 1 atom stereocenters. The Bertz CT molecular complexity index is 1100. The van der Waals surface area contributed by atoms with E-state index in [-0.39, 0.29) is 27.7 Å². The Morgan fingerprint density at radius 3 is 2.48 bits per heavy atom. The lowest BCUT2D eigenvalue weighted by Crippen LogP contribution is -2.30. The van der Waals surface area contributed by atoms with Gasteiger partial charge in [-0.3, -0.25) is 9.59 Å². The van der Waals surface area contributed by atoms with Crippen LogP contribution in [0.15, 0.2) is 42.5 Å². The summed E-state index contributed by atoms with van der Waals surface area (Å²) < 4.78 is 63.7. The van der Waals surface area contributed by atoms with Crippen LogP contribution in [0.1, 0.15) is 22.8 Å². The van der Waals surface area contributed by atoms with E-state index in [0.717, 1.165) is 12.1 Å². The van der Waals surface area contributed by atoms with Crippen LogP contribution in [0.5, 0.6) is 0 Å². The zero-order valence-electron chi connectivity index (χ0n) is 14.8. The molecule has 2 aromatic carbocycles. The van der Waals surface area contributed by atoms with E-state index in [1.54, 1.807) is 0 Å². The van der Waals surface area contributed by atoms with Gasteiger partial charge >= 0.3 is 6.18 Å². The number of anilines is 2. The fourth-order valence-corrected chi connectivity index (χ4v) is 4.83. The molecule has 0 aliphatic carbocycles. The number of amides is 2. The predicted molar refractivity (Wildman–Crippen MR) is 101 cm³/mol. The van der Waals surface area contributed by atoms with Crippen LogP contribution >= 0.6 is 11.6 Å². The number of nitrogens with one attached hydrogen (secondary N) is 1. The highest BCUT2D eigenvalue weighted by Gasteiger charge is 2.42. The van der Waals surface area contributed by atoms with Crippen molar-refractivity contribution in [1.82, 2.24) is 0 Å². The molecular weight excluding hydrogens is 433 g/mol. The van der Waals surface area contributed by atoms with E-state index in [1.807, 2.05) is 0 Å². The van der Waals surface area contributed by atoms with Gasteiger partial charge in [0.2, 0.25) is 15.9 Å². The van der Waals surface area contributed by atoms with Crippen LogP contribution in [0.3, 0.4) is 0 Å². The van der Waals surface area contributed by atoms with Crippen molar-refractivity contribution >= 4 is 44.8 Å². The van der Waals surface area contributed by atoms with Crippen LogP contribution < -0.4 is 9.62 Å². The first-order valence-corrected chi connectivity index (χ1v) is 10.2. The van der Waals surface area contributed by atoms with Crippen molar-refractivity contribution in [3.63, 3.8) is 0 Å². The maximum absolute atomic E-state index is 12.9. The topological polar surface area (TPSA) is 83.6 Å². The number of alkyl halides is 3. The van der Waals surface area contributed by atoms with Gasteiger partial charge in [-0.25, -0.2) is 12.7 Å². The molecule has 6 nitrogen and oxygen atoms in total. The van der Waals surface area contributed by atoms with Gasteiger partial charge in [0.15, 0.2) is 0 Å². The molecule has 154 valence electrons. The lowest BCUT2D eigenvalue weighted by molar-refractivity contribution is -0.137. The third kappa shape index (κ3) is 4.23. The van der Waals surface area contributed by atoms with Gasteiger partial charge in [-0.2, -0.15) is 13.2 Å². The molecule has 1 heterocycles. The number of nitrogens with zero attached hydrogens (tertiary/aromatic N) is 1. The van der Waals surface area contributed by atoms with Crippen molar-refractivity contribution < 1.29 is 31.2 Å². The van der Waals surface area contributed by atoms with E-state index < -0.39 is 39.5 Å². The highest BCUT2D eigenvalue weighted by atomic mass is 35.5. The number of carbonyl (C=O) groups excluding carboxylic acids is 2. The maximum atomic E-state index is 12.9. The average molecular weight is 447 g/mol. The van der Waals surface area contributed by atoms with Crippen LogP contribution in [0.2, 0.25) is 5.02 Å². The molecule has 1 aliphatic heterocycles. The molecule has 1 unspecified atom stereocenters. The predicted octanol–water partition coefficient (Wildman–Crippen LogP) is 3.92. The van der Waals surface area contributed by atoms with Crippen molar-refractivity contribution in [3.8, 4) is 0 Å². The standard InChI is InChI=1S/C18H14ClF3N2O4S/c1-10-9-29(27,28)24(17(10)26)13-4-2-3-11(7-13)16(25)23-15-8-12(18(20,21)22)5-6-14(15)19/h2-8,10H,9H2,1H3,(H,23,25). The summed E-state index contributed by atoms with van der Waals surface area (Å²) in [4.78, 5) is 24.7. The lowest BCUT2D eigenvalue weighted by Gasteiger charge is -2.16. The summed E-state index contributed by atoms with van der Waals surface area (Å²) in [6.45, 7) is 1.48. The number of sulfonamides is 1. The van der Waals surface area contributed by atoms with Crippen LogP contribution in [-0.2, 0) is 21.0 Å². The van der Waals surface area contributed by atoms with E-state index in [1.165, 1.54) is 31.2 Å². The van der Waals surface area contributed by atoms with E-state index >= 15 is 0 Å². The summed E-state index contributed by atoms with van der Waals surface area (Å²) in [5, 5.41) is 2.17. The summed E-state index contributed by atoms with van der Waals surface area (Å²) >= 11 is 5.87. The Balaban J connectivity index is 1.91. The van der Waals surface area contributed by atoms with E-state index in [4.69, 9.17) is 11.6 Å². The second-order valence-electron chi connectivity index (χ2n) is 6.48. The van der Waals surface area contributed by atoms with Crippen LogP contribution in [0.25, 0.3) is 0 Å². The van der Waals surface area contributed by atoms with Crippen molar-refractivity contribution in [2.75, 3.05) is 15.4 Å². The molecule has 2 aromatic rings. The summed E-state index contributed by atoms with van der Waals surface area (Å²) in [5.74, 6) is -2.50. The van der Waals surface area contributed by atoms with Crippen molar-refractivity contribution in [2.24, 2.45) is 5.92 Å². The third-order valence-electron chi connectivity index (χ3n) is 4.25. The fraction of sp³-hybridized carbons (Fsp3) is 0.222. The molecule has 1 N–H and O–H groups in total. The van der Waals surface area contributed by atoms with Gasteiger partial charge in [-0.15, -0.1) is 0 Å². The van der Waals surface area contributed by atoms with Crippen LogP contribution in [0, 0.1) is 5.92 Å². The van der Waals surface area contributed by atoms with Gasteiger partial charge in [0, 0.05) is 5.56 Å². The van der Waals surface area contributed by atoms with Gasteiger partial charge in [0.25, 0.3) is 5.91 Å². The minimum atomic E-state index is -4.62. The average Bonchev–Trinajstić information content (AvgIpc) is 2.83. The zero-order valence-corrected chi connectivity index (χ0v) is 16.4. The highest BCUT2D eigenvalue weighted by molar-refractivity contribution is 7.94. The van der Waals surface area contributed by atoms with Gasteiger partial charge in [-0.1, -0.05) is 24.6 Å². The molecule has 11 heteroatoms. The summed E-state index contributed by atoms with van der Waals surface area (Å²) in [6.07, 6.45) is -4.62. The Morgan fingerprint density at radius 2 is 1.90 bits per heavy atom. The molecule has 2 amide bonds. The summed E-state index contributed by atoms with van der Waals surface area (Å²) in [5.41, 5.74) is -1.33. The van der Waals surface area contributed by atoms with E-state index in [2.05, 4.69) is 5.32 Å². The summed E-state index contributed by atoms with van der Waals surface area (Å²) in [6, 6.07) is 7.70. The largest absolute Gasteiger partial charge is 0.416 e. The zero-order chi connectivity index (χ0) is 21.6. The van der Waals surface area contributed by atoms with Gasteiger partial charge in [-0.05, 0) is 36.4 Å². The fourth-order valence-electron chi connectivity index (χ4n) is 2.85. The third-order valence-corrected chi connectivity index (χ3v) is 6.44. The quantitative estimate of drug-likeness (QED) is 0.774. The van der Waals surface area contributed by atoms with Crippen LogP contribution in [-0.4, -0.2) is 26.0 Å². The van der Waals surface area contributed by atoms with Crippen molar-refractivity contribution in [3.05, 3.63) is 58.6 Å². The lowest BCUT2D eigenvalue weighted by atomic mass is 10.1. The van der Waals surface area contributed by atoms with E-state index in [0.29, 0.717) is 10.4 Å². The smallest absolute Gasteiger partial charge is 0.321 e. The number of carbonyl (C=O) groups is 2. The van der Waals surface area contributed by atoms with Crippen LogP contribution in [0.4, 0.5) is 24.5 Å². The SMILES string of the molecule is CC1CS(=O)(=O)N(c2cccc(C(=O)Nc3cc(C(F)(F)F)ccc3Cl)c2)C1=O. The molecule has 0 bridgehead atoms. The highest BCUT2D eigenvalue weighted by Crippen LogP contribution is 2.34. The molecule has 1 fully saturated rings. The first kappa shape index (κ1) is 21.1. The monoisotopic (exact) mass is 446 g/mol. The number of halogens is 4. The minimum absolute atomic E-state index is 0.0258. The van der Waals surface area contributed by atoms with Gasteiger partial charge in [0.1, 0.15) is 0 Å². The first-order valence-electron chi connectivity index (χ1n) is 8.25. The molecule has 0 spiro atoms. The Kier molecular flexibility index (Phi) is 5.35. The van der Waals surface area contributed by atoms with Gasteiger partial charge in [0.05, 0.1) is 33.6 Å². The minimum Gasteiger partial charge on any atom is -0.321 e. The Morgan fingerprint density at radius 1 is 1.21 bits per heavy atom. The Hall–Kier alpha value is -2.59. The van der Waals surface area contributed by atoms with Crippen molar-refractivity contribution in [1.29, 1.82) is 0 Å². The number of hydrogen-bond acceptors (Lipinski definition) is 4. The number of rotatable bonds is 3. The van der Waals surface area contributed by atoms with Gasteiger partial charge < -0.3 is 5.32 Å². The number of hydrogen-bond donors (Lipinski definition) is 1. The van der Waals surface area contributed by atoms with E-state index in [9.17, 15) is 31.2 Å². The second kappa shape index (κ2) is 7.34. The normalized spacial score (nSPS) is 18.7. The Labute approximate surface area is 169 Å². The molecule has 0 aromatic heterocycles.